The third kappa shape index (κ3) is 4.09. The maximum atomic E-state index is 13.3. The van der Waals surface area contributed by atoms with Crippen LogP contribution in [-0.2, 0) is 6.54 Å². The van der Waals surface area contributed by atoms with Crippen LogP contribution in [0.25, 0.3) is 0 Å². The van der Waals surface area contributed by atoms with Gasteiger partial charge in [-0.1, -0.05) is 19.1 Å². The van der Waals surface area contributed by atoms with Crippen molar-refractivity contribution in [2.75, 3.05) is 19.3 Å². The van der Waals surface area contributed by atoms with Crippen LogP contribution in [0.4, 0.5) is 0 Å². The van der Waals surface area contributed by atoms with E-state index in [2.05, 4.69) is 42.3 Å². The Morgan fingerprint density at radius 1 is 1.22 bits per heavy atom. The monoisotopic (exact) mass is 386 g/mol. The van der Waals surface area contributed by atoms with Crippen molar-refractivity contribution in [1.82, 2.24) is 9.47 Å². The van der Waals surface area contributed by atoms with Gasteiger partial charge in [0.15, 0.2) is 0 Å². The van der Waals surface area contributed by atoms with Gasteiger partial charge in [0.25, 0.3) is 5.56 Å². The average Bonchev–Trinajstić information content (AvgIpc) is 2.66. The summed E-state index contributed by atoms with van der Waals surface area (Å²) in [4.78, 5) is 16.8. The Hall–Kier alpha value is -1.72. The maximum Gasteiger partial charge on any atom is 0.259 e. The van der Waals surface area contributed by atoms with Crippen LogP contribution in [0.2, 0.25) is 0 Å². The van der Waals surface area contributed by atoms with Gasteiger partial charge in [0.2, 0.25) is 0 Å². The fourth-order valence-corrected chi connectivity index (χ4v) is 4.46. The summed E-state index contributed by atoms with van der Waals surface area (Å²) in [7, 11) is 0. The summed E-state index contributed by atoms with van der Waals surface area (Å²) < 4.78 is 1.75. The minimum Gasteiger partial charge on any atom is -0.507 e. The predicted octanol–water partition coefficient (Wildman–Crippen LogP) is 4.43. The Morgan fingerprint density at radius 3 is 2.41 bits per heavy atom. The number of hydrogen-bond donors (Lipinski definition) is 1. The molecule has 1 fully saturated rings. The zero-order chi connectivity index (χ0) is 19.6. The smallest absolute Gasteiger partial charge is 0.259 e. The lowest BCUT2D eigenvalue weighted by atomic mass is 9.92. The Morgan fingerprint density at radius 2 is 1.85 bits per heavy atom. The second-order valence-corrected chi connectivity index (χ2v) is 8.41. The van der Waals surface area contributed by atoms with Crippen LogP contribution in [0.5, 0.6) is 5.75 Å². The molecular weight excluding hydrogens is 356 g/mol. The summed E-state index contributed by atoms with van der Waals surface area (Å²) in [5.41, 5.74) is 2.30. The van der Waals surface area contributed by atoms with Crippen LogP contribution >= 0.6 is 11.8 Å². The van der Waals surface area contributed by atoms with E-state index in [-0.39, 0.29) is 17.4 Å². The van der Waals surface area contributed by atoms with Gasteiger partial charge in [-0.15, -0.1) is 11.8 Å². The van der Waals surface area contributed by atoms with Crippen LogP contribution < -0.4 is 5.56 Å². The quantitative estimate of drug-likeness (QED) is 0.773. The van der Waals surface area contributed by atoms with E-state index in [4.69, 9.17) is 0 Å². The lowest BCUT2D eigenvalue weighted by Crippen LogP contribution is -2.40. The molecule has 0 unspecified atom stereocenters. The van der Waals surface area contributed by atoms with Crippen molar-refractivity contribution >= 4 is 11.8 Å². The minimum absolute atomic E-state index is 0.0763. The van der Waals surface area contributed by atoms with Gasteiger partial charge in [0.05, 0.1) is 11.6 Å². The number of thioether (sulfide) groups is 1. The highest BCUT2D eigenvalue weighted by Crippen LogP contribution is 2.35. The first-order valence-electron chi connectivity index (χ1n) is 9.77. The number of nitrogens with zero attached hydrogens (tertiary/aromatic N) is 2. The first-order valence-corrected chi connectivity index (χ1v) is 11.0. The molecule has 0 amide bonds. The van der Waals surface area contributed by atoms with E-state index in [9.17, 15) is 9.90 Å². The molecule has 1 aromatic carbocycles. The number of piperidine rings is 1. The van der Waals surface area contributed by atoms with E-state index < -0.39 is 0 Å². The molecule has 1 aliphatic rings. The molecule has 0 aliphatic carbocycles. The van der Waals surface area contributed by atoms with Crippen molar-refractivity contribution in [1.29, 1.82) is 0 Å². The first-order chi connectivity index (χ1) is 13.0. The summed E-state index contributed by atoms with van der Waals surface area (Å²) in [5, 5.41) is 10.8. The van der Waals surface area contributed by atoms with Gasteiger partial charge in [0, 0.05) is 17.1 Å². The fraction of sp³-hybridized carbons (Fsp3) is 0.500. The topological polar surface area (TPSA) is 45.5 Å². The molecule has 0 saturated carbocycles. The van der Waals surface area contributed by atoms with E-state index in [1.807, 2.05) is 13.8 Å². The molecule has 2 heterocycles. The summed E-state index contributed by atoms with van der Waals surface area (Å²) in [5.74, 6) is 0.819. The second kappa shape index (κ2) is 8.53. The van der Waals surface area contributed by atoms with Crippen LogP contribution in [0.1, 0.15) is 49.6 Å². The van der Waals surface area contributed by atoms with Crippen molar-refractivity contribution in [2.24, 2.45) is 5.92 Å². The summed E-state index contributed by atoms with van der Waals surface area (Å²) in [6, 6.07) is 9.93. The molecule has 0 spiro atoms. The van der Waals surface area contributed by atoms with E-state index >= 15 is 0 Å². The van der Waals surface area contributed by atoms with Crippen LogP contribution in [-0.4, -0.2) is 33.9 Å². The fourth-order valence-electron chi connectivity index (χ4n) is 4.05. The van der Waals surface area contributed by atoms with Crippen LogP contribution in [0.3, 0.4) is 0 Å². The summed E-state index contributed by atoms with van der Waals surface area (Å²) in [6.07, 6.45) is 4.30. The average molecular weight is 387 g/mol. The summed E-state index contributed by atoms with van der Waals surface area (Å²) in [6.45, 7) is 8.61. The molecule has 1 atom stereocenters. The van der Waals surface area contributed by atoms with Gasteiger partial charge in [-0.3, -0.25) is 9.69 Å². The lowest BCUT2D eigenvalue weighted by Gasteiger charge is -2.37. The van der Waals surface area contributed by atoms with Crippen molar-refractivity contribution < 1.29 is 5.11 Å². The standard InChI is InChI=1S/C22H30N2O2S/c1-5-24-16(3)14-19(25)20(22(24)26)21(23-12-10-15(2)11-13-23)17-6-8-18(27-4)9-7-17/h6-9,14-15,21,25H,5,10-13H2,1-4H3/t21-/m1/s1. The highest BCUT2D eigenvalue weighted by atomic mass is 32.2. The molecular formula is C22H30N2O2S. The molecule has 0 bridgehead atoms. The van der Waals surface area contributed by atoms with Crippen molar-refractivity contribution in [3.8, 4) is 5.75 Å². The Balaban J connectivity index is 2.14. The van der Waals surface area contributed by atoms with Gasteiger partial charge >= 0.3 is 0 Å². The third-order valence-corrected chi connectivity index (χ3v) is 6.47. The number of aryl methyl sites for hydroxylation is 1. The number of rotatable bonds is 5. The molecule has 1 aromatic heterocycles. The SMILES string of the molecule is CCn1c(C)cc(O)c([C@@H](c2ccc(SC)cc2)N2CCC(C)CC2)c1=O. The molecule has 1 aliphatic heterocycles. The Bertz CT molecular complexity index is 837. The molecule has 146 valence electrons. The zero-order valence-corrected chi connectivity index (χ0v) is 17.6. The van der Waals surface area contributed by atoms with Gasteiger partial charge < -0.3 is 9.67 Å². The van der Waals surface area contributed by atoms with Gasteiger partial charge in [-0.25, -0.2) is 0 Å². The minimum atomic E-state index is -0.209. The zero-order valence-electron chi connectivity index (χ0n) is 16.7. The van der Waals surface area contributed by atoms with Crippen molar-refractivity contribution in [3.63, 3.8) is 0 Å². The number of benzene rings is 1. The Labute approximate surface area is 166 Å². The highest BCUT2D eigenvalue weighted by molar-refractivity contribution is 7.98. The van der Waals surface area contributed by atoms with Crippen molar-refractivity contribution in [3.05, 3.63) is 57.5 Å². The number of aromatic hydroxyl groups is 1. The second-order valence-electron chi connectivity index (χ2n) is 7.53. The van der Waals surface area contributed by atoms with Gasteiger partial charge in [-0.2, -0.15) is 0 Å². The normalized spacial score (nSPS) is 17.2. The number of aromatic nitrogens is 1. The summed E-state index contributed by atoms with van der Waals surface area (Å²) >= 11 is 1.71. The van der Waals surface area contributed by atoms with Gasteiger partial charge in [-0.05, 0) is 75.7 Å². The van der Waals surface area contributed by atoms with Crippen LogP contribution in [0.15, 0.2) is 40.0 Å². The number of pyridine rings is 1. The van der Waals surface area contributed by atoms with Gasteiger partial charge in [0.1, 0.15) is 5.75 Å². The maximum absolute atomic E-state index is 13.3. The molecule has 1 saturated heterocycles. The van der Waals surface area contributed by atoms with Crippen molar-refractivity contribution in [2.45, 2.75) is 51.1 Å². The lowest BCUT2D eigenvalue weighted by molar-refractivity contribution is 0.154. The molecule has 5 heteroatoms. The van der Waals surface area contributed by atoms with E-state index in [1.165, 1.54) is 4.90 Å². The van der Waals surface area contributed by atoms with E-state index in [1.54, 1.807) is 22.4 Å². The van der Waals surface area contributed by atoms with Crippen LogP contribution in [0, 0.1) is 12.8 Å². The first kappa shape index (κ1) is 20.0. The molecule has 27 heavy (non-hydrogen) atoms. The third-order valence-electron chi connectivity index (χ3n) is 5.73. The largest absolute Gasteiger partial charge is 0.507 e. The number of hydrogen-bond acceptors (Lipinski definition) is 4. The van der Waals surface area contributed by atoms with E-state index in [0.717, 1.165) is 37.2 Å². The highest BCUT2D eigenvalue weighted by Gasteiger charge is 2.31. The molecule has 2 aromatic rings. The predicted molar refractivity (Wildman–Crippen MR) is 113 cm³/mol. The molecule has 4 nitrogen and oxygen atoms in total. The molecule has 3 rings (SSSR count). The van der Waals surface area contributed by atoms with E-state index in [0.29, 0.717) is 18.0 Å². The Kier molecular flexibility index (Phi) is 6.33. The number of likely N-dealkylation sites (tertiary alicyclic amines) is 1. The molecule has 1 N–H and O–H groups in total. The molecule has 0 radical (unpaired) electrons.